The zero-order chi connectivity index (χ0) is 19.4. The maximum absolute atomic E-state index is 12.2. The second-order valence-electron chi connectivity index (χ2n) is 5.36. The summed E-state index contributed by atoms with van der Waals surface area (Å²) < 4.78 is 6.84. The standard InChI is InChI=1S/C16H16ClN3O6/c1-19-13(22)5-6-20(16(19)25)8-12(21)18-14(15(23)24)9-3-4-11(26-2)10(17)7-9/h3-7,14H,8H2,1-2H3,(H,18,21)(H,23,24). The number of ether oxygens (including phenoxy) is 1. The van der Waals surface area contributed by atoms with Crippen molar-refractivity contribution in [3.63, 3.8) is 0 Å². The van der Waals surface area contributed by atoms with E-state index in [1.165, 1.54) is 38.6 Å². The highest BCUT2D eigenvalue weighted by molar-refractivity contribution is 6.32. The van der Waals surface area contributed by atoms with Gasteiger partial charge in [-0.15, -0.1) is 0 Å². The number of nitrogens with zero attached hydrogens (tertiary/aromatic N) is 2. The van der Waals surface area contributed by atoms with Gasteiger partial charge in [-0.3, -0.25) is 18.7 Å². The van der Waals surface area contributed by atoms with E-state index in [1.807, 2.05) is 0 Å². The third-order valence-electron chi connectivity index (χ3n) is 3.64. The SMILES string of the molecule is COc1ccc(C(NC(=O)Cn2ccc(=O)n(C)c2=O)C(=O)O)cc1Cl. The number of carbonyl (C=O) groups excluding carboxylic acids is 1. The molecule has 0 radical (unpaired) electrons. The molecule has 26 heavy (non-hydrogen) atoms. The first-order valence-corrected chi connectivity index (χ1v) is 7.74. The molecule has 1 aromatic carbocycles. The number of carboxylic acids is 1. The largest absolute Gasteiger partial charge is 0.495 e. The average Bonchev–Trinajstić information content (AvgIpc) is 2.60. The molecule has 0 aliphatic heterocycles. The fourth-order valence-corrected chi connectivity index (χ4v) is 2.51. The highest BCUT2D eigenvalue weighted by atomic mass is 35.5. The molecule has 1 atom stereocenters. The van der Waals surface area contributed by atoms with Gasteiger partial charge in [-0.1, -0.05) is 17.7 Å². The summed E-state index contributed by atoms with van der Waals surface area (Å²) in [6.07, 6.45) is 1.17. The van der Waals surface area contributed by atoms with Crippen molar-refractivity contribution in [3.8, 4) is 5.75 Å². The van der Waals surface area contributed by atoms with Crippen molar-refractivity contribution in [2.45, 2.75) is 12.6 Å². The maximum atomic E-state index is 12.2. The van der Waals surface area contributed by atoms with Crippen molar-refractivity contribution in [1.82, 2.24) is 14.5 Å². The Morgan fingerprint density at radius 3 is 2.58 bits per heavy atom. The third kappa shape index (κ3) is 4.12. The van der Waals surface area contributed by atoms with E-state index >= 15 is 0 Å². The molecule has 1 amide bonds. The Morgan fingerprint density at radius 2 is 2.00 bits per heavy atom. The Morgan fingerprint density at radius 1 is 1.31 bits per heavy atom. The van der Waals surface area contributed by atoms with Crippen LogP contribution in [-0.4, -0.2) is 33.2 Å². The molecule has 0 aliphatic carbocycles. The molecule has 138 valence electrons. The normalized spacial score (nSPS) is 11.7. The first kappa shape index (κ1) is 19.3. The fourth-order valence-electron chi connectivity index (χ4n) is 2.25. The average molecular weight is 382 g/mol. The number of carboxylic acid groups (broad SMARTS) is 1. The van der Waals surface area contributed by atoms with Crippen molar-refractivity contribution in [2.75, 3.05) is 7.11 Å². The lowest BCUT2D eigenvalue weighted by Crippen LogP contribution is -2.42. The van der Waals surface area contributed by atoms with Gasteiger partial charge in [-0.2, -0.15) is 0 Å². The predicted molar refractivity (Wildman–Crippen MR) is 92.5 cm³/mol. The number of amides is 1. The van der Waals surface area contributed by atoms with Crippen LogP contribution >= 0.6 is 11.6 Å². The smallest absolute Gasteiger partial charge is 0.331 e. The van der Waals surface area contributed by atoms with Crippen LogP contribution in [0.25, 0.3) is 0 Å². The zero-order valence-corrected chi connectivity index (χ0v) is 14.7. The molecule has 0 aliphatic rings. The molecule has 10 heteroatoms. The van der Waals surface area contributed by atoms with Crippen LogP contribution < -0.4 is 21.3 Å². The molecule has 1 aromatic heterocycles. The van der Waals surface area contributed by atoms with Gasteiger partial charge in [-0.25, -0.2) is 9.59 Å². The van der Waals surface area contributed by atoms with Gasteiger partial charge in [-0.05, 0) is 17.7 Å². The van der Waals surface area contributed by atoms with Gasteiger partial charge in [0, 0.05) is 19.3 Å². The Labute approximate surface area is 152 Å². The molecule has 1 heterocycles. The van der Waals surface area contributed by atoms with Crippen molar-refractivity contribution in [3.05, 3.63) is 61.9 Å². The van der Waals surface area contributed by atoms with Gasteiger partial charge in [0.05, 0.1) is 12.1 Å². The molecule has 2 N–H and O–H groups in total. The summed E-state index contributed by atoms with van der Waals surface area (Å²) in [6, 6.07) is 4.08. The molecule has 0 saturated heterocycles. The molecule has 2 rings (SSSR count). The highest BCUT2D eigenvalue weighted by Crippen LogP contribution is 2.27. The van der Waals surface area contributed by atoms with Gasteiger partial charge in [0.15, 0.2) is 6.04 Å². The molecule has 9 nitrogen and oxygen atoms in total. The Hall–Kier alpha value is -3.07. The highest BCUT2D eigenvalue weighted by Gasteiger charge is 2.23. The van der Waals surface area contributed by atoms with E-state index in [0.717, 1.165) is 15.2 Å². The van der Waals surface area contributed by atoms with Crippen LogP contribution in [0.2, 0.25) is 5.02 Å². The molecular weight excluding hydrogens is 366 g/mol. The predicted octanol–water partition coefficient (Wildman–Crippen LogP) is 0.151. The molecule has 0 spiro atoms. The number of benzene rings is 1. The first-order chi connectivity index (χ1) is 12.2. The number of hydrogen-bond donors (Lipinski definition) is 2. The van der Waals surface area contributed by atoms with Gasteiger partial charge in [0.25, 0.3) is 5.56 Å². The Bertz CT molecular complexity index is 965. The summed E-state index contributed by atoms with van der Waals surface area (Å²) in [6.45, 7) is -0.444. The fraction of sp³-hybridized carbons (Fsp3) is 0.250. The van der Waals surface area contributed by atoms with Gasteiger partial charge in [0.1, 0.15) is 12.3 Å². The number of hydrogen-bond acceptors (Lipinski definition) is 5. The lowest BCUT2D eigenvalue weighted by Gasteiger charge is -2.16. The number of carbonyl (C=O) groups is 2. The molecule has 0 saturated carbocycles. The van der Waals surface area contributed by atoms with E-state index in [4.69, 9.17) is 16.3 Å². The van der Waals surface area contributed by atoms with E-state index in [1.54, 1.807) is 0 Å². The van der Waals surface area contributed by atoms with Gasteiger partial charge in [0.2, 0.25) is 5.91 Å². The van der Waals surface area contributed by atoms with Crippen LogP contribution in [0.4, 0.5) is 0 Å². The zero-order valence-electron chi connectivity index (χ0n) is 13.9. The second-order valence-corrected chi connectivity index (χ2v) is 5.76. The number of rotatable bonds is 6. The summed E-state index contributed by atoms with van der Waals surface area (Å²) in [5.74, 6) is -1.65. The minimum atomic E-state index is -1.37. The van der Waals surface area contributed by atoms with Crippen LogP contribution in [0, 0.1) is 0 Å². The molecule has 1 unspecified atom stereocenters. The summed E-state index contributed by atoms with van der Waals surface area (Å²) in [4.78, 5) is 47.0. The van der Waals surface area contributed by atoms with E-state index in [2.05, 4.69) is 5.32 Å². The van der Waals surface area contributed by atoms with Crippen molar-refractivity contribution in [2.24, 2.45) is 7.05 Å². The minimum absolute atomic E-state index is 0.194. The van der Waals surface area contributed by atoms with Crippen LogP contribution in [0.15, 0.2) is 40.1 Å². The van der Waals surface area contributed by atoms with Crippen molar-refractivity contribution in [1.29, 1.82) is 0 Å². The topological polar surface area (TPSA) is 120 Å². The second kappa shape index (κ2) is 7.87. The van der Waals surface area contributed by atoms with Gasteiger partial charge >= 0.3 is 11.7 Å². The van der Waals surface area contributed by atoms with E-state index in [9.17, 15) is 24.3 Å². The third-order valence-corrected chi connectivity index (χ3v) is 3.93. The number of aliphatic carboxylic acids is 1. The minimum Gasteiger partial charge on any atom is -0.495 e. The van der Waals surface area contributed by atoms with Crippen LogP contribution in [0.1, 0.15) is 11.6 Å². The number of halogens is 1. The van der Waals surface area contributed by atoms with Crippen LogP contribution in [0.5, 0.6) is 5.75 Å². The lowest BCUT2D eigenvalue weighted by molar-refractivity contribution is -0.142. The van der Waals surface area contributed by atoms with E-state index in [-0.39, 0.29) is 10.6 Å². The number of nitrogens with one attached hydrogen (secondary N) is 1. The maximum Gasteiger partial charge on any atom is 0.331 e. The Kier molecular flexibility index (Phi) is 5.83. The monoisotopic (exact) mass is 381 g/mol. The quantitative estimate of drug-likeness (QED) is 0.735. The van der Waals surface area contributed by atoms with Gasteiger partial charge < -0.3 is 15.2 Å². The lowest BCUT2D eigenvalue weighted by atomic mass is 10.1. The summed E-state index contributed by atoms with van der Waals surface area (Å²) in [7, 11) is 2.70. The number of methoxy groups -OCH3 is 1. The molecule has 0 bridgehead atoms. The summed E-state index contributed by atoms with van der Waals surface area (Å²) in [5.41, 5.74) is -0.959. The van der Waals surface area contributed by atoms with E-state index in [0.29, 0.717) is 5.75 Å². The summed E-state index contributed by atoms with van der Waals surface area (Å²) in [5, 5.41) is 11.9. The Balaban J connectivity index is 2.23. The number of aromatic nitrogens is 2. The summed E-state index contributed by atoms with van der Waals surface area (Å²) >= 11 is 5.99. The molecular formula is C16H16ClN3O6. The first-order valence-electron chi connectivity index (χ1n) is 7.36. The van der Waals surface area contributed by atoms with Crippen LogP contribution in [-0.2, 0) is 23.2 Å². The van der Waals surface area contributed by atoms with Crippen molar-refractivity contribution >= 4 is 23.5 Å². The van der Waals surface area contributed by atoms with Crippen molar-refractivity contribution < 1.29 is 19.4 Å². The van der Waals surface area contributed by atoms with E-state index < -0.39 is 35.7 Å². The molecule has 2 aromatic rings. The molecule has 0 fully saturated rings. The van der Waals surface area contributed by atoms with Crippen LogP contribution in [0.3, 0.4) is 0 Å².